The molecule has 166 valence electrons. The van der Waals surface area contributed by atoms with E-state index >= 15 is 0 Å². The van der Waals surface area contributed by atoms with Gasteiger partial charge in [-0.25, -0.2) is 18.4 Å². The molecule has 0 radical (unpaired) electrons. The number of halogens is 1. The number of nitrogens with zero attached hydrogens (tertiary/aromatic N) is 3. The van der Waals surface area contributed by atoms with Gasteiger partial charge in [0.2, 0.25) is 5.91 Å². The summed E-state index contributed by atoms with van der Waals surface area (Å²) < 4.78 is 32.1. The van der Waals surface area contributed by atoms with Crippen LogP contribution in [-0.4, -0.2) is 44.2 Å². The van der Waals surface area contributed by atoms with Crippen LogP contribution in [0.5, 0.6) is 5.75 Å². The van der Waals surface area contributed by atoms with Crippen molar-refractivity contribution < 1.29 is 17.9 Å². The summed E-state index contributed by atoms with van der Waals surface area (Å²) in [5, 5.41) is 3.56. The van der Waals surface area contributed by atoms with Crippen LogP contribution in [0, 0.1) is 0 Å². The van der Waals surface area contributed by atoms with Crippen LogP contribution in [0.3, 0.4) is 0 Å². The maximum absolute atomic E-state index is 12.8. The summed E-state index contributed by atoms with van der Waals surface area (Å²) in [6.07, 6.45) is 1.28. The van der Waals surface area contributed by atoms with Crippen LogP contribution >= 0.6 is 23.4 Å². The molecule has 1 aliphatic rings. The number of anilines is 1. The number of hydrogen-bond donors (Lipinski definition) is 1. The predicted octanol–water partition coefficient (Wildman–Crippen LogP) is 3.35. The molecule has 1 amide bonds. The maximum atomic E-state index is 12.8. The van der Waals surface area contributed by atoms with Crippen LogP contribution in [0.1, 0.15) is 5.56 Å². The van der Waals surface area contributed by atoms with Crippen molar-refractivity contribution in [3.8, 4) is 17.0 Å². The molecule has 8 nitrogen and oxygen atoms in total. The second-order valence-corrected chi connectivity index (χ2v) is 10.2. The van der Waals surface area contributed by atoms with Gasteiger partial charge in [0, 0.05) is 29.7 Å². The number of hydrogen-bond acceptors (Lipinski definition) is 7. The SMILES string of the molecule is COc1ccccc1CNC(=O)CSc1ncc2c(n1)-c1ccc(Cl)cc1N(C)S2(=O)=O. The Morgan fingerprint density at radius 2 is 2.03 bits per heavy atom. The second kappa shape index (κ2) is 8.97. The van der Waals surface area contributed by atoms with Gasteiger partial charge in [0.05, 0.1) is 30.4 Å². The first kappa shape index (κ1) is 22.4. The first-order valence-electron chi connectivity index (χ1n) is 9.48. The standard InChI is InChI=1S/C21H19ClN4O4S2/c1-26-16-9-14(22)7-8-15(16)20-18(32(26,28)29)11-24-21(25-20)31-12-19(27)23-10-13-5-3-4-6-17(13)30-2/h3-9,11H,10,12H2,1-2H3,(H,23,27). The van der Waals surface area contributed by atoms with Crippen LogP contribution in [-0.2, 0) is 21.4 Å². The summed E-state index contributed by atoms with van der Waals surface area (Å²) in [6, 6.07) is 12.4. The van der Waals surface area contributed by atoms with Crippen molar-refractivity contribution in [3.05, 3.63) is 59.2 Å². The largest absolute Gasteiger partial charge is 0.496 e. The normalized spacial score (nSPS) is 13.8. The van der Waals surface area contributed by atoms with Gasteiger partial charge in [0.1, 0.15) is 10.6 Å². The number of thioether (sulfide) groups is 1. The van der Waals surface area contributed by atoms with Gasteiger partial charge in [-0.3, -0.25) is 9.10 Å². The molecule has 1 aromatic heterocycles. The van der Waals surface area contributed by atoms with Gasteiger partial charge in [-0.15, -0.1) is 0 Å². The van der Waals surface area contributed by atoms with Crippen molar-refractivity contribution in [2.75, 3.05) is 24.2 Å². The van der Waals surface area contributed by atoms with Gasteiger partial charge in [0.15, 0.2) is 5.16 Å². The average Bonchev–Trinajstić information content (AvgIpc) is 2.80. The van der Waals surface area contributed by atoms with Crippen LogP contribution in [0.15, 0.2) is 58.7 Å². The molecule has 11 heteroatoms. The van der Waals surface area contributed by atoms with Gasteiger partial charge in [-0.2, -0.15) is 0 Å². The lowest BCUT2D eigenvalue weighted by atomic mass is 10.1. The lowest BCUT2D eigenvalue weighted by Crippen LogP contribution is -2.31. The second-order valence-electron chi connectivity index (χ2n) is 6.88. The van der Waals surface area contributed by atoms with E-state index in [1.165, 1.54) is 13.2 Å². The summed E-state index contributed by atoms with van der Waals surface area (Å²) in [5.41, 5.74) is 2.23. The van der Waals surface area contributed by atoms with Crippen molar-refractivity contribution in [1.29, 1.82) is 0 Å². The van der Waals surface area contributed by atoms with Crippen LogP contribution in [0.25, 0.3) is 11.3 Å². The minimum absolute atomic E-state index is 0.0137. The van der Waals surface area contributed by atoms with Crippen molar-refractivity contribution in [1.82, 2.24) is 15.3 Å². The molecule has 32 heavy (non-hydrogen) atoms. The van der Waals surface area contributed by atoms with E-state index in [1.807, 2.05) is 24.3 Å². The topological polar surface area (TPSA) is 101 Å². The molecule has 2 aromatic carbocycles. The van der Waals surface area contributed by atoms with Crippen molar-refractivity contribution >= 4 is 45.0 Å². The molecule has 0 fully saturated rings. The minimum atomic E-state index is -3.80. The molecule has 0 saturated heterocycles. The minimum Gasteiger partial charge on any atom is -0.496 e. The number of benzene rings is 2. The van der Waals surface area contributed by atoms with E-state index in [0.29, 0.717) is 39.4 Å². The molecule has 0 unspecified atom stereocenters. The molecule has 0 bridgehead atoms. The zero-order valence-corrected chi connectivity index (χ0v) is 19.6. The lowest BCUT2D eigenvalue weighted by molar-refractivity contribution is -0.118. The Balaban J connectivity index is 1.50. The van der Waals surface area contributed by atoms with Gasteiger partial charge < -0.3 is 10.1 Å². The number of methoxy groups -OCH3 is 1. The summed E-state index contributed by atoms with van der Waals surface area (Å²) in [4.78, 5) is 20.9. The fourth-order valence-corrected chi connectivity index (χ4v) is 5.37. The van der Waals surface area contributed by atoms with E-state index < -0.39 is 10.0 Å². The van der Waals surface area contributed by atoms with Crippen molar-refractivity contribution in [2.45, 2.75) is 16.6 Å². The number of aromatic nitrogens is 2. The molecule has 2 heterocycles. The Morgan fingerprint density at radius 1 is 1.25 bits per heavy atom. The van der Waals surface area contributed by atoms with Gasteiger partial charge in [0.25, 0.3) is 10.0 Å². The number of fused-ring (bicyclic) bond motifs is 3. The van der Waals surface area contributed by atoms with E-state index in [1.54, 1.807) is 25.3 Å². The van der Waals surface area contributed by atoms with E-state index in [4.69, 9.17) is 16.3 Å². The van der Waals surface area contributed by atoms with Crippen molar-refractivity contribution in [3.63, 3.8) is 0 Å². The smallest absolute Gasteiger partial charge is 0.267 e. The summed E-state index contributed by atoms with van der Waals surface area (Å²) in [5.74, 6) is 0.568. The molecular formula is C21H19ClN4O4S2. The summed E-state index contributed by atoms with van der Waals surface area (Å²) in [7, 11) is -0.758. The first-order valence-corrected chi connectivity index (χ1v) is 12.3. The molecule has 0 atom stereocenters. The Bertz CT molecular complexity index is 1300. The highest BCUT2D eigenvalue weighted by Crippen LogP contribution is 2.42. The number of amides is 1. The average molecular weight is 491 g/mol. The van der Waals surface area contributed by atoms with Gasteiger partial charge >= 0.3 is 0 Å². The maximum Gasteiger partial charge on any atom is 0.267 e. The highest BCUT2D eigenvalue weighted by atomic mass is 35.5. The number of nitrogens with one attached hydrogen (secondary N) is 1. The van der Waals surface area contributed by atoms with E-state index in [-0.39, 0.29) is 16.6 Å². The van der Waals surface area contributed by atoms with Crippen molar-refractivity contribution in [2.24, 2.45) is 0 Å². The monoisotopic (exact) mass is 490 g/mol. The zero-order valence-electron chi connectivity index (χ0n) is 17.2. The first-order chi connectivity index (χ1) is 15.3. The Labute approximate surface area is 195 Å². The van der Waals surface area contributed by atoms with E-state index in [0.717, 1.165) is 21.6 Å². The van der Waals surface area contributed by atoms with E-state index in [9.17, 15) is 13.2 Å². The van der Waals surface area contributed by atoms with Gasteiger partial charge in [-0.05, 0) is 24.3 Å². The molecule has 3 aromatic rings. The zero-order chi connectivity index (χ0) is 22.9. The number of para-hydroxylation sites is 1. The molecule has 4 rings (SSSR count). The number of sulfonamides is 1. The van der Waals surface area contributed by atoms with Crippen LogP contribution < -0.4 is 14.4 Å². The predicted molar refractivity (Wildman–Crippen MR) is 124 cm³/mol. The number of rotatable bonds is 6. The Morgan fingerprint density at radius 3 is 2.81 bits per heavy atom. The summed E-state index contributed by atoms with van der Waals surface area (Å²) >= 11 is 7.19. The fourth-order valence-electron chi connectivity index (χ4n) is 3.27. The number of carbonyl (C=O) groups excluding carboxylic acids is 1. The lowest BCUT2D eigenvalue weighted by Gasteiger charge is -2.28. The molecule has 0 spiro atoms. The molecular weight excluding hydrogens is 472 g/mol. The van der Waals surface area contributed by atoms with E-state index in [2.05, 4.69) is 15.3 Å². The molecule has 0 saturated carbocycles. The molecule has 1 aliphatic heterocycles. The quantitative estimate of drug-likeness (QED) is 0.417. The highest BCUT2D eigenvalue weighted by molar-refractivity contribution is 7.99. The Kier molecular flexibility index (Phi) is 6.27. The third-order valence-corrected chi connectivity index (χ3v) is 7.80. The van der Waals surface area contributed by atoms with Gasteiger partial charge in [-0.1, -0.05) is 41.6 Å². The third-order valence-electron chi connectivity index (χ3n) is 4.93. The third kappa shape index (κ3) is 4.25. The number of ether oxygens (including phenoxy) is 1. The summed E-state index contributed by atoms with van der Waals surface area (Å²) in [6.45, 7) is 0.327. The highest BCUT2D eigenvalue weighted by Gasteiger charge is 2.34. The van der Waals surface area contributed by atoms with Crippen LogP contribution in [0.2, 0.25) is 5.02 Å². The number of carbonyl (C=O) groups is 1. The Hall–Kier alpha value is -2.82. The van der Waals surface area contributed by atoms with Crippen LogP contribution in [0.4, 0.5) is 5.69 Å². The fraction of sp³-hybridized carbons (Fsp3) is 0.190. The molecule has 0 aliphatic carbocycles. The molecule has 1 N–H and O–H groups in total.